The van der Waals surface area contributed by atoms with Crippen LogP contribution in [0.3, 0.4) is 0 Å². The molecule has 0 saturated heterocycles. The first kappa shape index (κ1) is 27.2. The Hall–Kier alpha value is -5.61. The Kier molecular flexibility index (Phi) is 6.95. The maximum atomic E-state index is 5.15. The zero-order valence-corrected chi connectivity index (χ0v) is 24.8. The van der Waals surface area contributed by atoms with Gasteiger partial charge in [-0.05, 0) is 11.1 Å². The van der Waals surface area contributed by atoms with Crippen LogP contribution >= 0.6 is 0 Å². The Morgan fingerprint density at radius 3 is 1.41 bits per heavy atom. The maximum absolute atomic E-state index is 5.15. The molecular formula is C31H18N12Pt. The average molecular weight is 754 g/mol. The summed E-state index contributed by atoms with van der Waals surface area (Å²) in [5.74, 6) is 0.954. The molecule has 0 N–H and O–H groups in total. The van der Waals surface area contributed by atoms with Gasteiger partial charge in [0.05, 0.1) is 45.6 Å². The summed E-state index contributed by atoms with van der Waals surface area (Å²) in [5, 5.41) is 0. The van der Waals surface area contributed by atoms with Crippen LogP contribution in [0.5, 0.6) is 0 Å². The molecule has 0 fully saturated rings. The van der Waals surface area contributed by atoms with Gasteiger partial charge in [-0.15, -0.1) is 0 Å². The Bertz CT molecular complexity index is 2060. The minimum absolute atomic E-state index is 0. The number of benzene rings is 2. The fraction of sp³-hybridized carbons (Fsp3) is 0.0323. The fourth-order valence-corrected chi connectivity index (χ4v) is 5.28. The Morgan fingerprint density at radius 2 is 0.955 bits per heavy atom. The number of aromatic nitrogens is 12. The summed E-state index contributed by atoms with van der Waals surface area (Å²) in [6.45, 7) is 0. The summed E-state index contributed by atoms with van der Waals surface area (Å²) in [7, 11) is 0. The zero-order valence-electron chi connectivity index (χ0n) is 22.6. The molecule has 0 spiro atoms. The average Bonchev–Trinajstić information content (AvgIpc) is 3.72. The smallest absolute Gasteiger partial charge is 0.394 e. The van der Waals surface area contributed by atoms with Crippen molar-refractivity contribution >= 4 is 22.6 Å². The molecule has 2 aromatic carbocycles. The first-order valence-corrected chi connectivity index (χ1v) is 13.2. The van der Waals surface area contributed by atoms with Gasteiger partial charge in [0, 0.05) is 62.2 Å². The van der Waals surface area contributed by atoms with Crippen molar-refractivity contribution in [1.29, 1.82) is 0 Å². The quantitative estimate of drug-likeness (QED) is 0.232. The van der Waals surface area contributed by atoms with Crippen molar-refractivity contribution < 1.29 is 21.1 Å². The van der Waals surface area contributed by atoms with Crippen molar-refractivity contribution in [1.82, 2.24) is 59.0 Å². The third-order valence-electron chi connectivity index (χ3n) is 7.14. The molecule has 6 aromatic heterocycles. The molecule has 0 amide bonds. The van der Waals surface area contributed by atoms with Crippen molar-refractivity contribution in [2.75, 3.05) is 0 Å². The van der Waals surface area contributed by atoms with E-state index < -0.39 is 5.41 Å². The summed E-state index contributed by atoms with van der Waals surface area (Å²) in [5.41, 5.74) is 3.94. The van der Waals surface area contributed by atoms with E-state index in [0.29, 0.717) is 45.6 Å². The molecular weight excluding hydrogens is 736 g/mol. The van der Waals surface area contributed by atoms with Crippen molar-refractivity contribution in [2.24, 2.45) is 0 Å². The molecule has 13 heteroatoms. The third-order valence-corrected chi connectivity index (χ3v) is 7.14. The molecule has 0 radical (unpaired) electrons. The van der Waals surface area contributed by atoms with Crippen LogP contribution in [-0.4, -0.2) is 59.0 Å². The molecule has 0 saturated carbocycles. The van der Waals surface area contributed by atoms with Crippen molar-refractivity contribution in [3.05, 3.63) is 145 Å². The number of imidazole rings is 2. The van der Waals surface area contributed by atoms with Crippen LogP contribution in [0.1, 0.15) is 22.5 Å². The molecule has 6 heterocycles. The van der Waals surface area contributed by atoms with E-state index >= 15 is 0 Å². The molecule has 0 unspecified atom stereocenters. The second kappa shape index (κ2) is 11.2. The summed E-state index contributed by atoms with van der Waals surface area (Å²) in [6, 6.07) is 20.1. The fourth-order valence-electron chi connectivity index (χ4n) is 5.28. The van der Waals surface area contributed by atoms with E-state index in [9.17, 15) is 0 Å². The molecule has 0 aliphatic carbocycles. The van der Waals surface area contributed by atoms with Gasteiger partial charge in [0.2, 0.25) is 0 Å². The molecule has 0 aliphatic rings. The maximum Gasteiger partial charge on any atom is 2.00 e. The van der Waals surface area contributed by atoms with Crippen molar-refractivity contribution in [3.63, 3.8) is 0 Å². The normalized spacial score (nSPS) is 11.5. The predicted octanol–water partition coefficient (Wildman–Crippen LogP) is 3.50. The van der Waals surface area contributed by atoms with Gasteiger partial charge in [-0.1, -0.05) is 60.7 Å². The van der Waals surface area contributed by atoms with Crippen molar-refractivity contribution in [2.45, 2.75) is 5.41 Å². The number of hydrogen-bond acceptors (Lipinski definition) is 10. The van der Waals surface area contributed by atoms with Crippen LogP contribution in [0, 0.1) is 12.7 Å². The second-order valence-corrected chi connectivity index (χ2v) is 9.51. The zero-order chi connectivity index (χ0) is 28.6. The van der Waals surface area contributed by atoms with E-state index in [1.807, 2.05) is 60.7 Å². The van der Waals surface area contributed by atoms with Gasteiger partial charge in [0.15, 0.2) is 0 Å². The molecule has 44 heavy (non-hydrogen) atoms. The van der Waals surface area contributed by atoms with Gasteiger partial charge in [-0.2, -0.15) is 0 Å². The number of rotatable bonds is 6. The van der Waals surface area contributed by atoms with Crippen LogP contribution < -0.4 is 0 Å². The Labute approximate surface area is 264 Å². The largest absolute Gasteiger partial charge is 2.00 e. The monoisotopic (exact) mass is 753 g/mol. The van der Waals surface area contributed by atoms with E-state index in [0.717, 1.165) is 11.1 Å². The van der Waals surface area contributed by atoms with Crippen LogP contribution in [0.25, 0.3) is 34.2 Å². The van der Waals surface area contributed by atoms with Gasteiger partial charge in [-0.25, -0.2) is 0 Å². The van der Waals surface area contributed by atoms with Gasteiger partial charge >= 0.3 is 21.1 Å². The summed E-state index contributed by atoms with van der Waals surface area (Å²) in [6.07, 6.45) is 19.1. The number of fused-ring (bicyclic) bond motifs is 2. The number of nitrogens with zero attached hydrogens (tertiary/aromatic N) is 12. The Balaban J connectivity index is 0.00000312. The first-order valence-electron chi connectivity index (χ1n) is 13.2. The molecule has 0 atom stereocenters. The topological polar surface area (TPSA) is 139 Å². The predicted molar refractivity (Wildman–Crippen MR) is 154 cm³/mol. The van der Waals surface area contributed by atoms with E-state index in [2.05, 4.69) is 52.5 Å². The first-order chi connectivity index (χ1) is 21.3. The third kappa shape index (κ3) is 4.35. The summed E-state index contributed by atoms with van der Waals surface area (Å²) in [4.78, 5) is 45.6. The molecule has 0 aliphatic heterocycles. The van der Waals surface area contributed by atoms with E-state index in [4.69, 9.17) is 9.97 Å². The summed E-state index contributed by atoms with van der Waals surface area (Å²) >= 11 is 0. The van der Waals surface area contributed by atoms with E-state index in [1.165, 1.54) is 0 Å². The van der Waals surface area contributed by atoms with Crippen LogP contribution in [0.15, 0.2) is 110 Å². The standard InChI is InChI=1S/C31H18N12.Pt/c1-3-7-21(8-4-1)31(22-9-5-2-6-10-22,23-15-32-17-25(40-23)42-19-38-27-29(42)36-13-11-34-27)24-16-33-18-26(41-24)43-20-39-28-30(43)37-14-12-35-28;/h1-18H;/q-2;+2. The van der Waals surface area contributed by atoms with E-state index in [-0.39, 0.29) is 21.1 Å². The number of hydrogen-bond donors (Lipinski definition) is 0. The molecule has 8 aromatic rings. The SMILES string of the molecule is [Pt+2].[c-]1nc2nccnc2n1-c1cncc(C(c2ccccc2)(c2ccccc2)c2cncc(-n3[c-]nc4nccnc43)n2)n1. The van der Waals surface area contributed by atoms with Gasteiger partial charge in [0.1, 0.15) is 5.41 Å². The van der Waals surface area contributed by atoms with E-state index in [1.54, 1.807) is 58.7 Å². The van der Waals surface area contributed by atoms with Crippen molar-refractivity contribution in [3.8, 4) is 11.6 Å². The molecule has 8 rings (SSSR count). The van der Waals surface area contributed by atoms with Crippen LogP contribution in [0.4, 0.5) is 0 Å². The molecule has 212 valence electrons. The molecule has 0 bridgehead atoms. The Morgan fingerprint density at radius 1 is 0.523 bits per heavy atom. The minimum atomic E-state index is -1.04. The van der Waals surface area contributed by atoms with Crippen LogP contribution in [-0.2, 0) is 26.5 Å². The second-order valence-electron chi connectivity index (χ2n) is 9.51. The minimum Gasteiger partial charge on any atom is -0.394 e. The molecule has 12 nitrogen and oxygen atoms in total. The summed E-state index contributed by atoms with van der Waals surface area (Å²) < 4.78 is 3.29. The van der Waals surface area contributed by atoms with Gasteiger partial charge < -0.3 is 19.1 Å². The van der Waals surface area contributed by atoms with Gasteiger partial charge in [0.25, 0.3) is 0 Å². The van der Waals surface area contributed by atoms with Gasteiger partial charge in [-0.3, -0.25) is 39.9 Å². The van der Waals surface area contributed by atoms with Crippen LogP contribution in [0.2, 0.25) is 0 Å².